The number of carbonyl (C=O) groups excluding carboxylic acids is 1. The van der Waals surface area contributed by atoms with E-state index in [1.807, 2.05) is 32.9 Å². The fourth-order valence-electron chi connectivity index (χ4n) is 2.50. The molecule has 0 aliphatic carbocycles. The molecule has 3 heteroatoms. The molecule has 2 aromatic rings. The number of aryl methyl sites for hydroxylation is 2. The van der Waals surface area contributed by atoms with Crippen molar-refractivity contribution in [2.24, 2.45) is 0 Å². The van der Waals surface area contributed by atoms with Crippen LogP contribution in [0.2, 0.25) is 0 Å². The predicted octanol–water partition coefficient (Wildman–Crippen LogP) is 3.86. The van der Waals surface area contributed by atoms with Crippen molar-refractivity contribution in [1.82, 2.24) is 5.32 Å². The third-order valence-corrected chi connectivity index (χ3v) is 3.58. The van der Waals surface area contributed by atoms with E-state index < -0.39 is 0 Å². The minimum absolute atomic E-state index is 0.0575. The molecular weight excluding hydrogens is 265 g/mol. The summed E-state index contributed by atoms with van der Waals surface area (Å²) < 4.78 is 13.5. The Labute approximate surface area is 125 Å². The molecule has 0 bridgehead atoms. The van der Waals surface area contributed by atoms with Crippen LogP contribution in [0.3, 0.4) is 0 Å². The number of carbonyl (C=O) groups is 1. The molecule has 1 atom stereocenters. The third kappa shape index (κ3) is 3.91. The second-order valence-electron chi connectivity index (χ2n) is 5.42. The second kappa shape index (κ2) is 6.53. The fourth-order valence-corrected chi connectivity index (χ4v) is 2.50. The molecular formula is C18H20FNO. The zero-order valence-corrected chi connectivity index (χ0v) is 12.6. The van der Waals surface area contributed by atoms with Crippen molar-refractivity contribution in [3.63, 3.8) is 0 Å². The highest BCUT2D eigenvalue weighted by atomic mass is 19.1. The Morgan fingerprint density at radius 1 is 1.19 bits per heavy atom. The summed E-state index contributed by atoms with van der Waals surface area (Å²) in [5.41, 5.74) is 3.85. The van der Waals surface area contributed by atoms with Crippen molar-refractivity contribution in [1.29, 1.82) is 0 Å². The van der Waals surface area contributed by atoms with Crippen molar-refractivity contribution in [2.45, 2.75) is 33.2 Å². The van der Waals surface area contributed by atoms with Gasteiger partial charge in [-0.25, -0.2) is 4.39 Å². The molecule has 0 spiro atoms. The lowest BCUT2D eigenvalue weighted by molar-refractivity contribution is -0.121. The first kappa shape index (κ1) is 15.2. The van der Waals surface area contributed by atoms with Crippen LogP contribution in [0.4, 0.5) is 4.39 Å². The van der Waals surface area contributed by atoms with Crippen LogP contribution in [0.15, 0.2) is 42.5 Å². The Balaban J connectivity index is 2.04. The summed E-state index contributed by atoms with van der Waals surface area (Å²) in [7, 11) is 0. The van der Waals surface area contributed by atoms with Crippen LogP contribution in [-0.4, -0.2) is 5.91 Å². The standard InChI is InChI=1S/C18H20FNO/c1-12-8-9-16(13(2)10-12)14(3)20-18(21)11-15-6-4-5-7-17(15)19/h4-10,14H,11H2,1-3H3,(H,20,21)/t14-/m0/s1. The molecule has 2 aromatic carbocycles. The van der Waals surface area contributed by atoms with Crippen LogP contribution < -0.4 is 5.32 Å². The van der Waals surface area contributed by atoms with Gasteiger partial charge in [0.1, 0.15) is 5.82 Å². The zero-order chi connectivity index (χ0) is 15.4. The van der Waals surface area contributed by atoms with Gasteiger partial charge >= 0.3 is 0 Å². The summed E-state index contributed by atoms with van der Waals surface area (Å²) in [6.07, 6.45) is 0.0575. The monoisotopic (exact) mass is 285 g/mol. The maximum absolute atomic E-state index is 13.5. The van der Waals surface area contributed by atoms with Crippen LogP contribution in [0.25, 0.3) is 0 Å². The van der Waals surface area contributed by atoms with Gasteiger partial charge in [0.15, 0.2) is 0 Å². The summed E-state index contributed by atoms with van der Waals surface area (Å²) in [4.78, 5) is 12.0. The highest BCUT2D eigenvalue weighted by Gasteiger charge is 2.13. The molecule has 1 amide bonds. The van der Waals surface area contributed by atoms with E-state index in [4.69, 9.17) is 0 Å². The predicted molar refractivity (Wildman–Crippen MR) is 82.6 cm³/mol. The molecule has 0 radical (unpaired) electrons. The normalized spacial score (nSPS) is 12.0. The second-order valence-corrected chi connectivity index (χ2v) is 5.42. The van der Waals surface area contributed by atoms with Gasteiger partial charge < -0.3 is 5.32 Å². The van der Waals surface area contributed by atoms with E-state index in [1.54, 1.807) is 18.2 Å². The van der Waals surface area contributed by atoms with Crippen LogP contribution >= 0.6 is 0 Å². The molecule has 0 aliphatic heterocycles. The molecule has 0 fully saturated rings. The fraction of sp³-hybridized carbons (Fsp3) is 0.278. The molecule has 0 aromatic heterocycles. The minimum Gasteiger partial charge on any atom is -0.349 e. The van der Waals surface area contributed by atoms with Gasteiger partial charge in [-0.2, -0.15) is 0 Å². The number of hydrogen-bond acceptors (Lipinski definition) is 1. The number of benzene rings is 2. The van der Waals surface area contributed by atoms with E-state index in [1.165, 1.54) is 11.6 Å². The van der Waals surface area contributed by atoms with Gasteiger partial charge in [0.05, 0.1) is 12.5 Å². The number of rotatable bonds is 4. The summed E-state index contributed by atoms with van der Waals surface area (Å²) in [5, 5.41) is 2.93. The number of hydrogen-bond donors (Lipinski definition) is 1. The molecule has 0 saturated carbocycles. The topological polar surface area (TPSA) is 29.1 Å². The molecule has 0 aliphatic rings. The van der Waals surface area contributed by atoms with Crippen molar-refractivity contribution in [3.05, 3.63) is 70.5 Å². The minimum atomic E-state index is -0.341. The average Bonchev–Trinajstić information content (AvgIpc) is 2.41. The molecule has 0 saturated heterocycles. The summed E-state index contributed by atoms with van der Waals surface area (Å²) in [5.74, 6) is -0.514. The Hall–Kier alpha value is -2.16. The van der Waals surface area contributed by atoms with Crippen LogP contribution in [0, 0.1) is 19.7 Å². The SMILES string of the molecule is Cc1ccc([C@H](C)NC(=O)Cc2ccccc2F)c(C)c1. The average molecular weight is 285 g/mol. The van der Waals surface area contributed by atoms with E-state index >= 15 is 0 Å². The maximum Gasteiger partial charge on any atom is 0.225 e. The van der Waals surface area contributed by atoms with E-state index in [-0.39, 0.29) is 24.2 Å². The number of amides is 1. The molecule has 110 valence electrons. The van der Waals surface area contributed by atoms with Gasteiger partial charge in [-0.1, -0.05) is 42.0 Å². The highest BCUT2D eigenvalue weighted by Crippen LogP contribution is 2.18. The van der Waals surface area contributed by atoms with Gasteiger partial charge in [-0.05, 0) is 43.5 Å². The molecule has 0 heterocycles. The zero-order valence-electron chi connectivity index (χ0n) is 12.6. The summed E-state index contributed by atoms with van der Waals surface area (Å²) in [6, 6.07) is 12.4. The van der Waals surface area contributed by atoms with E-state index in [0.717, 1.165) is 11.1 Å². The van der Waals surface area contributed by atoms with Gasteiger partial charge in [-0.15, -0.1) is 0 Å². The summed E-state index contributed by atoms with van der Waals surface area (Å²) >= 11 is 0. The first-order chi connectivity index (χ1) is 9.97. The maximum atomic E-state index is 13.5. The molecule has 2 rings (SSSR count). The largest absolute Gasteiger partial charge is 0.349 e. The Kier molecular flexibility index (Phi) is 4.73. The first-order valence-electron chi connectivity index (χ1n) is 7.07. The molecule has 0 unspecified atom stereocenters. The van der Waals surface area contributed by atoms with Gasteiger partial charge in [-0.3, -0.25) is 4.79 Å². The Bertz CT molecular complexity index is 651. The third-order valence-electron chi connectivity index (χ3n) is 3.58. The van der Waals surface area contributed by atoms with E-state index in [0.29, 0.717) is 5.56 Å². The van der Waals surface area contributed by atoms with Crippen LogP contribution in [-0.2, 0) is 11.2 Å². The van der Waals surface area contributed by atoms with E-state index in [2.05, 4.69) is 11.4 Å². The van der Waals surface area contributed by atoms with Crippen molar-refractivity contribution in [2.75, 3.05) is 0 Å². The Morgan fingerprint density at radius 2 is 1.90 bits per heavy atom. The first-order valence-corrected chi connectivity index (χ1v) is 7.07. The summed E-state index contributed by atoms with van der Waals surface area (Å²) in [6.45, 7) is 6.01. The van der Waals surface area contributed by atoms with Gasteiger partial charge in [0, 0.05) is 0 Å². The lowest BCUT2D eigenvalue weighted by Gasteiger charge is -2.17. The smallest absolute Gasteiger partial charge is 0.225 e. The quantitative estimate of drug-likeness (QED) is 0.908. The van der Waals surface area contributed by atoms with Crippen LogP contribution in [0.5, 0.6) is 0 Å². The molecule has 1 N–H and O–H groups in total. The lowest BCUT2D eigenvalue weighted by Crippen LogP contribution is -2.28. The van der Waals surface area contributed by atoms with Gasteiger partial charge in [0.2, 0.25) is 5.91 Å². The van der Waals surface area contributed by atoms with Crippen molar-refractivity contribution >= 4 is 5.91 Å². The van der Waals surface area contributed by atoms with Crippen molar-refractivity contribution in [3.8, 4) is 0 Å². The number of halogens is 1. The van der Waals surface area contributed by atoms with E-state index in [9.17, 15) is 9.18 Å². The lowest BCUT2D eigenvalue weighted by atomic mass is 10.00. The molecule has 2 nitrogen and oxygen atoms in total. The van der Waals surface area contributed by atoms with Crippen molar-refractivity contribution < 1.29 is 9.18 Å². The van der Waals surface area contributed by atoms with Crippen LogP contribution in [0.1, 0.15) is 35.2 Å². The van der Waals surface area contributed by atoms with Gasteiger partial charge in [0.25, 0.3) is 0 Å². The Morgan fingerprint density at radius 3 is 2.57 bits per heavy atom. The number of nitrogens with one attached hydrogen (secondary N) is 1. The highest BCUT2D eigenvalue weighted by molar-refractivity contribution is 5.79. The molecule has 21 heavy (non-hydrogen) atoms.